The van der Waals surface area contributed by atoms with Gasteiger partial charge in [-0.3, -0.25) is 0 Å². The van der Waals surface area contributed by atoms with Gasteiger partial charge in [-0.05, 0) is 56.3 Å². The lowest BCUT2D eigenvalue weighted by molar-refractivity contribution is -0.0112. The molecule has 3 unspecified atom stereocenters. The Morgan fingerprint density at radius 2 is 1.67 bits per heavy atom. The molecule has 106 valence electrons. The van der Waals surface area contributed by atoms with Gasteiger partial charge in [0.05, 0.1) is 5.60 Å². The van der Waals surface area contributed by atoms with Gasteiger partial charge in [0, 0.05) is 12.6 Å². The van der Waals surface area contributed by atoms with Crippen molar-refractivity contribution in [2.45, 2.75) is 77.4 Å². The van der Waals surface area contributed by atoms with Gasteiger partial charge in [-0.1, -0.05) is 27.2 Å². The smallest absolute Gasteiger partial charge is 0.0771 e. The molecule has 0 spiro atoms. The van der Waals surface area contributed by atoms with E-state index in [0.29, 0.717) is 6.04 Å². The Labute approximate surface area is 113 Å². The van der Waals surface area contributed by atoms with Gasteiger partial charge in [0.25, 0.3) is 0 Å². The van der Waals surface area contributed by atoms with E-state index in [2.05, 4.69) is 26.1 Å². The fourth-order valence-corrected chi connectivity index (χ4v) is 3.61. The molecule has 0 aromatic rings. The van der Waals surface area contributed by atoms with Gasteiger partial charge in [-0.25, -0.2) is 0 Å². The van der Waals surface area contributed by atoms with Crippen molar-refractivity contribution >= 4 is 0 Å². The Hall–Kier alpha value is -0.0800. The Morgan fingerprint density at radius 3 is 2.33 bits per heavy atom. The maximum absolute atomic E-state index is 10.6. The average Bonchev–Trinajstić information content (AvgIpc) is 2.35. The molecule has 0 radical (unpaired) electrons. The first kappa shape index (κ1) is 14.3. The van der Waals surface area contributed by atoms with Gasteiger partial charge in [-0.2, -0.15) is 0 Å². The standard InChI is InChI=1S/C16H31NO/c1-12-6-8-16(18,9-7-12)11-17-15-10-13(2)4-5-14(15)3/h12-15,17-18H,4-11H2,1-3H3. The summed E-state index contributed by atoms with van der Waals surface area (Å²) in [6, 6.07) is 0.622. The van der Waals surface area contributed by atoms with Crippen LogP contribution in [-0.4, -0.2) is 23.3 Å². The molecule has 0 bridgehead atoms. The van der Waals surface area contributed by atoms with E-state index in [1.165, 1.54) is 32.1 Å². The lowest BCUT2D eigenvalue weighted by Crippen LogP contribution is -2.49. The Balaban J connectivity index is 1.79. The summed E-state index contributed by atoms with van der Waals surface area (Å²) in [6.45, 7) is 7.83. The molecule has 2 aliphatic rings. The second kappa shape index (κ2) is 5.92. The van der Waals surface area contributed by atoms with Crippen molar-refractivity contribution < 1.29 is 5.11 Å². The van der Waals surface area contributed by atoms with Crippen molar-refractivity contribution in [3.63, 3.8) is 0 Å². The van der Waals surface area contributed by atoms with E-state index in [-0.39, 0.29) is 0 Å². The number of nitrogens with one attached hydrogen (secondary N) is 1. The lowest BCUT2D eigenvalue weighted by atomic mass is 9.77. The highest BCUT2D eigenvalue weighted by atomic mass is 16.3. The molecule has 2 N–H and O–H groups in total. The topological polar surface area (TPSA) is 32.3 Å². The van der Waals surface area contributed by atoms with Gasteiger partial charge in [0.1, 0.15) is 0 Å². The summed E-state index contributed by atoms with van der Waals surface area (Å²) in [5, 5.41) is 14.3. The molecule has 0 aromatic carbocycles. The monoisotopic (exact) mass is 253 g/mol. The van der Waals surface area contributed by atoms with Gasteiger partial charge >= 0.3 is 0 Å². The fraction of sp³-hybridized carbons (Fsp3) is 1.00. The number of hydrogen-bond acceptors (Lipinski definition) is 2. The van der Waals surface area contributed by atoms with E-state index in [0.717, 1.165) is 37.1 Å². The Bertz CT molecular complexity index is 258. The molecule has 2 heteroatoms. The molecule has 0 aromatic heterocycles. The first-order chi connectivity index (χ1) is 8.48. The first-order valence-corrected chi connectivity index (χ1v) is 7.94. The highest BCUT2D eigenvalue weighted by Gasteiger charge is 2.33. The molecule has 2 rings (SSSR count). The molecule has 0 amide bonds. The summed E-state index contributed by atoms with van der Waals surface area (Å²) in [7, 11) is 0. The minimum atomic E-state index is -0.424. The molecule has 18 heavy (non-hydrogen) atoms. The van der Waals surface area contributed by atoms with E-state index in [9.17, 15) is 5.11 Å². The summed E-state index contributed by atoms with van der Waals surface area (Å²) >= 11 is 0. The van der Waals surface area contributed by atoms with Crippen LogP contribution < -0.4 is 5.32 Å². The highest BCUT2D eigenvalue weighted by molar-refractivity contribution is 4.89. The number of aliphatic hydroxyl groups is 1. The normalized spacial score (nSPS) is 46.0. The van der Waals surface area contributed by atoms with Crippen molar-refractivity contribution in [2.24, 2.45) is 17.8 Å². The minimum absolute atomic E-state index is 0.424. The van der Waals surface area contributed by atoms with Crippen LogP contribution >= 0.6 is 0 Å². The maximum atomic E-state index is 10.6. The van der Waals surface area contributed by atoms with E-state index in [1.54, 1.807) is 0 Å². The van der Waals surface area contributed by atoms with Gasteiger partial charge in [0.15, 0.2) is 0 Å². The summed E-state index contributed by atoms with van der Waals surface area (Å²) in [4.78, 5) is 0. The van der Waals surface area contributed by atoms with Crippen molar-refractivity contribution in [1.29, 1.82) is 0 Å². The molecule has 2 aliphatic carbocycles. The zero-order chi connectivity index (χ0) is 13.2. The summed E-state index contributed by atoms with van der Waals surface area (Å²) in [5.74, 6) is 2.42. The molecule has 0 saturated heterocycles. The van der Waals surface area contributed by atoms with Crippen LogP contribution in [0.25, 0.3) is 0 Å². The third kappa shape index (κ3) is 3.71. The first-order valence-electron chi connectivity index (χ1n) is 7.94. The van der Waals surface area contributed by atoms with E-state index >= 15 is 0 Å². The average molecular weight is 253 g/mol. The maximum Gasteiger partial charge on any atom is 0.0771 e. The van der Waals surface area contributed by atoms with Crippen LogP contribution in [0.2, 0.25) is 0 Å². The van der Waals surface area contributed by atoms with Crippen LogP contribution in [0.4, 0.5) is 0 Å². The van der Waals surface area contributed by atoms with Crippen LogP contribution in [0.5, 0.6) is 0 Å². The van der Waals surface area contributed by atoms with Crippen LogP contribution in [0.15, 0.2) is 0 Å². The van der Waals surface area contributed by atoms with E-state index in [1.807, 2.05) is 0 Å². The van der Waals surface area contributed by atoms with Gasteiger partial charge < -0.3 is 10.4 Å². The minimum Gasteiger partial charge on any atom is -0.389 e. The number of hydrogen-bond donors (Lipinski definition) is 2. The molecule has 2 nitrogen and oxygen atoms in total. The Morgan fingerprint density at radius 1 is 1.00 bits per heavy atom. The molecule has 0 aliphatic heterocycles. The Kier molecular flexibility index (Phi) is 4.71. The molecular weight excluding hydrogens is 222 g/mol. The third-order valence-electron chi connectivity index (χ3n) is 5.36. The zero-order valence-corrected chi connectivity index (χ0v) is 12.4. The van der Waals surface area contributed by atoms with Crippen molar-refractivity contribution in [3.05, 3.63) is 0 Å². The third-order valence-corrected chi connectivity index (χ3v) is 5.36. The van der Waals surface area contributed by atoms with Crippen molar-refractivity contribution in [2.75, 3.05) is 6.54 Å². The summed E-state index contributed by atoms with van der Waals surface area (Å²) < 4.78 is 0. The van der Waals surface area contributed by atoms with E-state index in [4.69, 9.17) is 0 Å². The quantitative estimate of drug-likeness (QED) is 0.808. The SMILES string of the molecule is CC1CCC(O)(CNC2CC(C)CCC2C)CC1. The predicted molar refractivity (Wildman–Crippen MR) is 76.6 cm³/mol. The molecule has 0 heterocycles. The van der Waals surface area contributed by atoms with E-state index < -0.39 is 5.60 Å². The fourth-order valence-electron chi connectivity index (χ4n) is 3.61. The highest BCUT2D eigenvalue weighted by Crippen LogP contribution is 2.33. The summed E-state index contributed by atoms with van der Waals surface area (Å²) in [6.07, 6.45) is 8.35. The van der Waals surface area contributed by atoms with Gasteiger partial charge in [-0.15, -0.1) is 0 Å². The molecule has 3 atom stereocenters. The molecular formula is C16H31NO. The second-order valence-corrected chi connectivity index (χ2v) is 7.29. The van der Waals surface area contributed by atoms with Gasteiger partial charge in [0.2, 0.25) is 0 Å². The van der Waals surface area contributed by atoms with Crippen LogP contribution in [0.3, 0.4) is 0 Å². The van der Waals surface area contributed by atoms with Crippen LogP contribution in [0.1, 0.15) is 65.7 Å². The van der Waals surface area contributed by atoms with Crippen molar-refractivity contribution in [1.82, 2.24) is 5.32 Å². The predicted octanol–water partition coefficient (Wildman–Crippen LogP) is 3.34. The largest absolute Gasteiger partial charge is 0.389 e. The van der Waals surface area contributed by atoms with Crippen molar-refractivity contribution in [3.8, 4) is 0 Å². The molecule has 2 saturated carbocycles. The second-order valence-electron chi connectivity index (χ2n) is 7.29. The number of rotatable bonds is 3. The van der Waals surface area contributed by atoms with Crippen LogP contribution in [0, 0.1) is 17.8 Å². The molecule has 2 fully saturated rings. The lowest BCUT2D eigenvalue weighted by Gasteiger charge is -2.39. The summed E-state index contributed by atoms with van der Waals surface area (Å²) in [5.41, 5.74) is -0.424. The zero-order valence-electron chi connectivity index (χ0n) is 12.4. The van der Waals surface area contributed by atoms with Crippen LogP contribution in [-0.2, 0) is 0 Å².